The van der Waals surface area contributed by atoms with Crippen LogP contribution in [0.3, 0.4) is 0 Å². The summed E-state index contributed by atoms with van der Waals surface area (Å²) >= 11 is 0. The molecule has 0 atom stereocenters. The molecule has 27 heavy (non-hydrogen) atoms. The lowest BCUT2D eigenvalue weighted by Crippen LogP contribution is -2.55. The zero-order valence-electron chi connectivity index (χ0n) is 17.9. The van der Waals surface area contributed by atoms with Gasteiger partial charge >= 0.3 is 0 Å². The first-order chi connectivity index (χ1) is 12.8. The first-order valence-corrected chi connectivity index (χ1v) is 10.1. The van der Waals surface area contributed by atoms with Crippen molar-refractivity contribution in [3.05, 3.63) is 87.5 Å². The van der Waals surface area contributed by atoms with E-state index in [0.29, 0.717) is 0 Å². The van der Waals surface area contributed by atoms with Crippen LogP contribution in [0.4, 0.5) is 0 Å². The summed E-state index contributed by atoms with van der Waals surface area (Å²) < 4.78 is 0. The van der Waals surface area contributed by atoms with Crippen molar-refractivity contribution < 1.29 is 0 Å². The molecule has 0 heterocycles. The Morgan fingerprint density at radius 2 is 0.963 bits per heavy atom. The van der Waals surface area contributed by atoms with E-state index in [0.717, 1.165) is 6.42 Å². The Bertz CT molecular complexity index is 860. The quantitative estimate of drug-likeness (QED) is 0.600. The fourth-order valence-electron chi connectivity index (χ4n) is 4.72. The average molecular weight is 354 g/mol. The van der Waals surface area contributed by atoms with Crippen LogP contribution in [0.2, 0.25) is 0 Å². The summed E-state index contributed by atoms with van der Waals surface area (Å²) in [7, 11) is 0. The van der Waals surface area contributed by atoms with E-state index >= 15 is 0 Å². The summed E-state index contributed by atoms with van der Waals surface area (Å²) in [4.78, 5) is 0. The Labute approximate surface area is 165 Å². The minimum atomic E-state index is 0.275. The van der Waals surface area contributed by atoms with Crippen molar-refractivity contribution in [3.8, 4) is 0 Å². The lowest BCUT2D eigenvalue weighted by Gasteiger charge is -2.24. The molecular formula is C26H31B. The summed E-state index contributed by atoms with van der Waals surface area (Å²) in [6.07, 6.45) is 1.08. The van der Waals surface area contributed by atoms with Crippen LogP contribution in [0.5, 0.6) is 0 Å². The van der Waals surface area contributed by atoms with Gasteiger partial charge in [-0.05, 0) is 53.5 Å². The second-order valence-electron chi connectivity index (χ2n) is 8.15. The second kappa shape index (κ2) is 7.76. The van der Waals surface area contributed by atoms with Crippen molar-refractivity contribution in [3.63, 3.8) is 0 Å². The molecule has 0 nitrogen and oxygen atoms in total. The first-order valence-electron chi connectivity index (χ1n) is 10.1. The number of aryl methyl sites for hydroxylation is 7. The van der Waals surface area contributed by atoms with Gasteiger partial charge in [0, 0.05) is 0 Å². The van der Waals surface area contributed by atoms with Crippen LogP contribution < -0.4 is 16.4 Å². The maximum atomic E-state index is 2.33. The molecule has 138 valence electrons. The molecule has 0 saturated heterocycles. The molecular weight excluding hydrogens is 323 g/mol. The van der Waals surface area contributed by atoms with Crippen LogP contribution in [0.1, 0.15) is 45.9 Å². The molecule has 0 radical (unpaired) electrons. The predicted molar refractivity (Wildman–Crippen MR) is 122 cm³/mol. The zero-order valence-corrected chi connectivity index (χ0v) is 17.9. The van der Waals surface area contributed by atoms with E-state index < -0.39 is 0 Å². The molecule has 1 heteroatoms. The molecule has 0 saturated carbocycles. The molecule has 3 aromatic carbocycles. The third-order valence-electron chi connectivity index (χ3n) is 5.77. The van der Waals surface area contributed by atoms with Gasteiger partial charge in [-0.15, -0.1) is 0 Å². The van der Waals surface area contributed by atoms with Crippen LogP contribution in [0.15, 0.2) is 48.5 Å². The summed E-state index contributed by atoms with van der Waals surface area (Å²) in [5.41, 5.74) is 13.9. The maximum Gasteiger partial charge on any atom is 0.242 e. The van der Waals surface area contributed by atoms with Gasteiger partial charge < -0.3 is 0 Å². The topological polar surface area (TPSA) is 0 Å². The van der Waals surface area contributed by atoms with Crippen LogP contribution in [-0.4, -0.2) is 6.71 Å². The van der Waals surface area contributed by atoms with Gasteiger partial charge in [0.05, 0.1) is 0 Å². The Morgan fingerprint density at radius 1 is 0.593 bits per heavy atom. The Hall–Kier alpha value is -2.28. The molecule has 0 N–H and O–H groups in total. The van der Waals surface area contributed by atoms with Gasteiger partial charge in [-0.2, -0.15) is 0 Å². The number of hydrogen-bond donors (Lipinski definition) is 0. The summed E-state index contributed by atoms with van der Waals surface area (Å²) in [6, 6.07) is 18.6. The molecule has 0 unspecified atom stereocenters. The summed E-state index contributed by atoms with van der Waals surface area (Å²) in [5, 5.41) is 0. The number of rotatable bonds is 4. The van der Waals surface area contributed by atoms with Gasteiger partial charge in [-0.3, -0.25) is 0 Å². The smallest absolute Gasteiger partial charge is 0.0686 e. The van der Waals surface area contributed by atoms with Crippen molar-refractivity contribution in [2.45, 2.75) is 54.9 Å². The van der Waals surface area contributed by atoms with E-state index in [9.17, 15) is 0 Å². The van der Waals surface area contributed by atoms with Gasteiger partial charge in [0.25, 0.3) is 0 Å². The van der Waals surface area contributed by atoms with Crippen LogP contribution in [0.25, 0.3) is 0 Å². The minimum absolute atomic E-state index is 0.275. The monoisotopic (exact) mass is 354 g/mol. The van der Waals surface area contributed by atoms with Crippen molar-refractivity contribution in [2.75, 3.05) is 0 Å². The molecule has 0 aliphatic rings. The normalized spacial score (nSPS) is 10.9. The maximum absolute atomic E-state index is 2.33. The number of hydrogen-bond acceptors (Lipinski definition) is 0. The van der Waals surface area contributed by atoms with E-state index in [2.05, 4.69) is 97.0 Å². The van der Waals surface area contributed by atoms with Crippen LogP contribution >= 0.6 is 0 Å². The molecule has 0 spiro atoms. The highest BCUT2D eigenvalue weighted by molar-refractivity contribution is 6.96. The van der Waals surface area contributed by atoms with Crippen molar-refractivity contribution in [1.29, 1.82) is 0 Å². The molecule has 3 rings (SSSR count). The summed E-state index contributed by atoms with van der Waals surface area (Å²) in [6.45, 7) is 15.9. The highest BCUT2D eigenvalue weighted by Gasteiger charge is 2.28. The molecule has 0 aromatic heterocycles. The highest BCUT2D eigenvalue weighted by atomic mass is 14.1. The molecule has 0 fully saturated rings. The SMILES string of the molecule is CCc1ccc(B(c2c(C)cc(C)cc2C)c2c(C)cc(C)cc2C)cc1. The molecule has 0 amide bonds. The van der Waals surface area contributed by atoms with E-state index in [1.54, 1.807) is 0 Å². The summed E-state index contributed by atoms with van der Waals surface area (Å²) in [5.74, 6) is 0. The van der Waals surface area contributed by atoms with Crippen molar-refractivity contribution in [2.24, 2.45) is 0 Å². The molecule has 3 aromatic rings. The van der Waals surface area contributed by atoms with E-state index in [4.69, 9.17) is 0 Å². The average Bonchev–Trinajstić information content (AvgIpc) is 2.59. The second-order valence-corrected chi connectivity index (χ2v) is 8.15. The van der Waals surface area contributed by atoms with Crippen LogP contribution in [-0.2, 0) is 6.42 Å². The van der Waals surface area contributed by atoms with E-state index in [1.807, 2.05) is 0 Å². The highest BCUT2D eigenvalue weighted by Crippen LogP contribution is 2.13. The molecule has 0 aliphatic heterocycles. The number of benzene rings is 3. The van der Waals surface area contributed by atoms with E-state index in [1.165, 1.54) is 55.3 Å². The first kappa shape index (κ1) is 19.5. The predicted octanol–water partition coefficient (Wildman–Crippen LogP) is 4.62. The largest absolute Gasteiger partial charge is 0.242 e. The molecule has 0 bridgehead atoms. The lowest BCUT2D eigenvalue weighted by molar-refractivity contribution is 1.14. The van der Waals surface area contributed by atoms with Gasteiger partial charge in [-0.25, -0.2) is 0 Å². The Kier molecular flexibility index (Phi) is 5.60. The van der Waals surface area contributed by atoms with Gasteiger partial charge in [0.2, 0.25) is 6.71 Å². The van der Waals surface area contributed by atoms with Gasteiger partial charge in [0.15, 0.2) is 0 Å². The fraction of sp³-hybridized carbons (Fsp3) is 0.308. The molecule has 0 aliphatic carbocycles. The van der Waals surface area contributed by atoms with Crippen molar-refractivity contribution in [1.82, 2.24) is 0 Å². The van der Waals surface area contributed by atoms with E-state index in [-0.39, 0.29) is 6.71 Å². The van der Waals surface area contributed by atoms with Crippen LogP contribution in [0, 0.1) is 41.5 Å². The van der Waals surface area contributed by atoms with Gasteiger partial charge in [0.1, 0.15) is 0 Å². The van der Waals surface area contributed by atoms with Crippen molar-refractivity contribution >= 4 is 23.1 Å². The third kappa shape index (κ3) is 3.88. The lowest BCUT2D eigenvalue weighted by atomic mass is 9.34. The standard InChI is InChI=1S/C26H31B/c1-8-23-9-11-24(12-10-23)27(25-19(4)13-17(2)14-20(25)5)26-21(6)15-18(3)16-22(26)7/h9-16H,8H2,1-7H3. The Morgan fingerprint density at radius 3 is 1.30 bits per heavy atom. The Balaban J connectivity index is 2.31. The third-order valence-corrected chi connectivity index (χ3v) is 5.77. The minimum Gasteiger partial charge on any atom is -0.0686 e. The van der Waals surface area contributed by atoms with Gasteiger partial charge in [-0.1, -0.05) is 105 Å². The fourth-order valence-corrected chi connectivity index (χ4v) is 4.72. The zero-order chi connectivity index (χ0) is 19.7.